The Kier molecular flexibility index (Phi) is 3.94. The van der Waals surface area contributed by atoms with E-state index in [9.17, 15) is 8.22 Å². The number of aryl methyl sites for hydroxylation is 1. The molecule has 0 aliphatic carbocycles. The predicted octanol–water partition coefficient (Wildman–Crippen LogP) is 2.78. The minimum Gasteiger partial charge on any atom is -0.275 e. The van der Waals surface area contributed by atoms with Crippen molar-refractivity contribution in [2.45, 2.75) is 18.9 Å². The molecule has 1 aromatic carbocycles. The summed E-state index contributed by atoms with van der Waals surface area (Å²) in [7, 11) is -3.31. The number of hydrogen-bond acceptors (Lipinski definition) is 0. The van der Waals surface area contributed by atoms with Gasteiger partial charge in [-0.25, -0.2) is 0 Å². The Morgan fingerprint density at radius 3 is 2.33 bits per heavy atom. The van der Waals surface area contributed by atoms with E-state index in [4.69, 9.17) is 0 Å². The largest absolute Gasteiger partial charge is 0.411 e. The molecule has 0 saturated heterocycles. The van der Waals surface area contributed by atoms with Gasteiger partial charge in [0.2, 0.25) is 0 Å². The van der Waals surface area contributed by atoms with Crippen LogP contribution >= 0.6 is 0 Å². The third-order valence-corrected chi connectivity index (χ3v) is 2.58. The lowest BCUT2D eigenvalue weighted by atomic mass is 10.1. The predicted molar refractivity (Wildman–Crippen MR) is 48.9 cm³/mol. The van der Waals surface area contributed by atoms with E-state index < -0.39 is 9.46 Å². The first kappa shape index (κ1) is 9.39. The molecule has 0 spiro atoms. The normalized spacial score (nSPS) is 10.6. The van der Waals surface area contributed by atoms with E-state index >= 15 is 0 Å². The average molecular weight is 186 g/mol. The minimum absolute atomic E-state index is 0.148. The van der Waals surface area contributed by atoms with Gasteiger partial charge in [-0.3, -0.25) is 8.22 Å². The van der Waals surface area contributed by atoms with Gasteiger partial charge in [0.15, 0.2) is 0 Å². The number of rotatable bonds is 4. The first-order valence-electron chi connectivity index (χ1n) is 4.11. The molecule has 1 rings (SSSR count). The first-order chi connectivity index (χ1) is 5.79. The van der Waals surface area contributed by atoms with Crippen LogP contribution in [0.15, 0.2) is 30.3 Å². The molecule has 1 aromatic rings. The second-order valence-corrected chi connectivity index (χ2v) is 4.13. The summed E-state index contributed by atoms with van der Waals surface area (Å²) in [5.41, 5.74) is 1.16. The molecule has 66 valence electrons. The van der Waals surface area contributed by atoms with Gasteiger partial charge in [-0.2, -0.15) is 0 Å². The van der Waals surface area contributed by atoms with Crippen molar-refractivity contribution in [3.8, 4) is 0 Å². The second kappa shape index (κ2) is 5.03. The Balaban J connectivity index is 2.25. The van der Waals surface area contributed by atoms with Gasteiger partial charge in [-0.1, -0.05) is 30.3 Å². The van der Waals surface area contributed by atoms with Gasteiger partial charge in [0.05, 0.1) is 0 Å². The molecule has 0 amide bonds. The van der Waals surface area contributed by atoms with Crippen molar-refractivity contribution in [2.75, 3.05) is 0 Å². The van der Waals surface area contributed by atoms with Crippen LogP contribution in [-0.2, 0) is 6.42 Å². The summed E-state index contributed by atoms with van der Waals surface area (Å²) < 4.78 is 23.8. The number of halogens is 2. The van der Waals surface area contributed by atoms with E-state index in [1.807, 2.05) is 30.3 Å². The van der Waals surface area contributed by atoms with E-state index in [-0.39, 0.29) is 6.04 Å². The fraction of sp³-hybridized carbons (Fsp3) is 0.333. The highest BCUT2D eigenvalue weighted by molar-refractivity contribution is 6.42. The molecule has 0 radical (unpaired) electrons. The zero-order valence-electron chi connectivity index (χ0n) is 6.84. The molecular formula is C9H12F2Si. The summed E-state index contributed by atoms with van der Waals surface area (Å²) >= 11 is 0. The monoisotopic (exact) mass is 186 g/mol. The molecule has 3 heteroatoms. The maximum atomic E-state index is 11.9. The topological polar surface area (TPSA) is 0 Å². The zero-order valence-corrected chi connectivity index (χ0v) is 8.00. The second-order valence-electron chi connectivity index (χ2n) is 2.77. The lowest BCUT2D eigenvalue weighted by molar-refractivity contribution is 0.641. The minimum atomic E-state index is -3.31. The molecule has 0 aliphatic heterocycles. The van der Waals surface area contributed by atoms with Crippen LogP contribution in [0.25, 0.3) is 0 Å². The van der Waals surface area contributed by atoms with Gasteiger partial charge >= 0.3 is 9.46 Å². The zero-order chi connectivity index (χ0) is 8.81. The van der Waals surface area contributed by atoms with Crippen molar-refractivity contribution in [2.24, 2.45) is 0 Å². The molecular weight excluding hydrogens is 174 g/mol. The van der Waals surface area contributed by atoms with Crippen LogP contribution < -0.4 is 0 Å². The van der Waals surface area contributed by atoms with Crippen molar-refractivity contribution < 1.29 is 8.22 Å². The summed E-state index contributed by atoms with van der Waals surface area (Å²) in [6.45, 7) is 0. The Hall–Kier alpha value is -0.703. The maximum Gasteiger partial charge on any atom is 0.411 e. The molecule has 0 bridgehead atoms. The molecule has 0 aromatic heterocycles. The molecule has 0 fully saturated rings. The highest BCUT2D eigenvalue weighted by Gasteiger charge is 2.05. The Morgan fingerprint density at radius 2 is 1.75 bits per heavy atom. The van der Waals surface area contributed by atoms with Gasteiger partial charge < -0.3 is 0 Å². The van der Waals surface area contributed by atoms with Crippen molar-refractivity contribution in [3.05, 3.63) is 35.9 Å². The summed E-state index contributed by atoms with van der Waals surface area (Å²) in [5.74, 6) is 0. The van der Waals surface area contributed by atoms with Crippen LogP contribution in [0.1, 0.15) is 12.0 Å². The molecule has 0 N–H and O–H groups in total. The van der Waals surface area contributed by atoms with Gasteiger partial charge in [0.1, 0.15) is 0 Å². The highest BCUT2D eigenvalue weighted by Crippen LogP contribution is 2.07. The van der Waals surface area contributed by atoms with Gasteiger partial charge in [-0.15, -0.1) is 0 Å². The standard InChI is InChI=1S/C9H12F2Si/c10-12(11)8-4-7-9-5-2-1-3-6-9/h1-3,5-6,12H,4,7-8H2. The van der Waals surface area contributed by atoms with Crippen LogP contribution in [0.4, 0.5) is 8.22 Å². The Bertz CT molecular complexity index is 211. The molecule has 12 heavy (non-hydrogen) atoms. The SMILES string of the molecule is F[SiH](F)CCCc1ccccc1. The van der Waals surface area contributed by atoms with Gasteiger partial charge in [0, 0.05) is 0 Å². The molecule has 0 unspecified atom stereocenters. The van der Waals surface area contributed by atoms with Crippen molar-refractivity contribution in [1.82, 2.24) is 0 Å². The van der Waals surface area contributed by atoms with Crippen LogP contribution in [-0.4, -0.2) is 9.46 Å². The van der Waals surface area contributed by atoms with Crippen LogP contribution in [0, 0.1) is 0 Å². The number of hydrogen-bond donors (Lipinski definition) is 0. The van der Waals surface area contributed by atoms with Crippen molar-refractivity contribution in [1.29, 1.82) is 0 Å². The Morgan fingerprint density at radius 1 is 1.08 bits per heavy atom. The summed E-state index contributed by atoms with van der Waals surface area (Å²) in [6.07, 6.45) is 1.42. The van der Waals surface area contributed by atoms with E-state index in [0.29, 0.717) is 6.42 Å². The van der Waals surface area contributed by atoms with Gasteiger partial charge in [0.25, 0.3) is 0 Å². The van der Waals surface area contributed by atoms with Crippen LogP contribution in [0.2, 0.25) is 6.04 Å². The summed E-state index contributed by atoms with van der Waals surface area (Å²) in [5, 5.41) is 0. The molecule has 0 aliphatic rings. The van der Waals surface area contributed by atoms with E-state index in [1.165, 1.54) is 0 Å². The van der Waals surface area contributed by atoms with E-state index in [1.54, 1.807) is 0 Å². The van der Waals surface area contributed by atoms with Crippen molar-refractivity contribution in [3.63, 3.8) is 0 Å². The highest BCUT2D eigenvalue weighted by atomic mass is 28.4. The Labute approximate surface area is 73.2 Å². The fourth-order valence-corrected chi connectivity index (χ4v) is 1.62. The van der Waals surface area contributed by atoms with Crippen LogP contribution in [0.3, 0.4) is 0 Å². The molecule has 0 nitrogen and oxygen atoms in total. The quantitative estimate of drug-likeness (QED) is 0.501. The fourth-order valence-electron chi connectivity index (χ4n) is 1.11. The maximum absolute atomic E-state index is 11.9. The summed E-state index contributed by atoms with van der Waals surface area (Å²) in [4.78, 5) is 0. The molecule has 0 atom stereocenters. The average Bonchev–Trinajstić information content (AvgIpc) is 2.05. The van der Waals surface area contributed by atoms with Crippen LogP contribution in [0.5, 0.6) is 0 Å². The number of benzene rings is 1. The molecule has 0 heterocycles. The smallest absolute Gasteiger partial charge is 0.275 e. The summed E-state index contributed by atoms with van der Waals surface area (Å²) in [6, 6.07) is 9.92. The first-order valence-corrected chi connectivity index (χ1v) is 5.80. The van der Waals surface area contributed by atoms with E-state index in [2.05, 4.69) is 0 Å². The van der Waals surface area contributed by atoms with E-state index in [0.717, 1.165) is 12.0 Å². The van der Waals surface area contributed by atoms with Crippen molar-refractivity contribution >= 4 is 9.46 Å². The lowest BCUT2D eigenvalue weighted by Crippen LogP contribution is -1.96. The van der Waals surface area contributed by atoms with Gasteiger partial charge in [-0.05, 0) is 24.4 Å². The third kappa shape index (κ3) is 3.62. The molecule has 0 saturated carbocycles. The lowest BCUT2D eigenvalue weighted by Gasteiger charge is -1.98. The third-order valence-electron chi connectivity index (χ3n) is 1.73.